The molecule has 45 heavy (non-hydrogen) atoms. The summed E-state index contributed by atoms with van der Waals surface area (Å²) in [6.45, 7) is 0.214. The van der Waals surface area contributed by atoms with E-state index in [4.69, 9.17) is 0 Å². The first-order valence-corrected chi connectivity index (χ1v) is 20.0. The Bertz CT molecular complexity index is 808. The fourth-order valence-corrected chi connectivity index (χ4v) is 16.5. The van der Waals surface area contributed by atoms with Crippen LogP contribution >= 0.6 is 0 Å². The molecule has 0 saturated heterocycles. The third-order valence-corrected chi connectivity index (χ3v) is 18.1. The zero-order valence-electron chi connectivity index (χ0n) is 22.8. The average Bonchev–Trinajstić information content (AvgIpc) is 2.79. The fraction of sp³-hybridized carbons (Fsp3) is 1.00. The van der Waals surface area contributed by atoms with Crippen LogP contribution in [0, 0.1) is 0 Å². The molecule has 0 aliphatic rings. The predicted molar refractivity (Wildman–Crippen MR) is 117 cm³/mol. The molecule has 0 spiro atoms. The van der Waals surface area contributed by atoms with Crippen molar-refractivity contribution in [2.24, 2.45) is 0 Å². The summed E-state index contributed by atoms with van der Waals surface area (Å²) in [5.74, 6) is -43.4. The van der Waals surface area contributed by atoms with E-state index in [0.29, 0.717) is 19.3 Å². The Morgan fingerprint density at radius 1 is 0.378 bits per heavy atom. The van der Waals surface area contributed by atoms with Gasteiger partial charge in [0.05, 0.1) is 0 Å². The van der Waals surface area contributed by atoms with Gasteiger partial charge in [0.2, 0.25) is 0 Å². The van der Waals surface area contributed by atoms with Gasteiger partial charge < -0.3 is 0 Å². The minimum absolute atomic E-state index is 0.114. The van der Waals surface area contributed by atoms with Crippen LogP contribution in [-0.2, 0) is 3.07 Å². The van der Waals surface area contributed by atoms with Crippen molar-refractivity contribution in [1.29, 1.82) is 0 Å². The van der Waals surface area contributed by atoms with Gasteiger partial charge in [0.1, 0.15) is 0 Å². The summed E-state index contributed by atoms with van der Waals surface area (Å²) in [6.07, 6.45) is -20.0. The van der Waals surface area contributed by atoms with E-state index in [-0.39, 0.29) is 12.8 Å². The van der Waals surface area contributed by atoms with Crippen molar-refractivity contribution in [2.45, 2.75) is 126 Å². The third kappa shape index (κ3) is 10.6. The van der Waals surface area contributed by atoms with Crippen LogP contribution in [0.3, 0.4) is 0 Å². The Balaban J connectivity index is 7.07. The predicted octanol–water partition coefficient (Wildman–Crippen LogP) is 11.6. The molecule has 0 fully saturated rings. The molecule has 0 aliphatic carbocycles. The Labute approximate surface area is 246 Å². The molecule has 0 bridgehead atoms. The maximum atomic E-state index is 14.4. The van der Waals surface area contributed by atoms with Crippen LogP contribution in [0.1, 0.15) is 58.3 Å². The van der Waals surface area contributed by atoms with Crippen molar-refractivity contribution in [3.8, 4) is 0 Å². The molecule has 0 rings (SSSR count). The van der Waals surface area contributed by atoms with Crippen LogP contribution in [-0.4, -0.2) is 79.5 Å². The van der Waals surface area contributed by atoms with Crippen LogP contribution in [0.2, 0.25) is 13.3 Å². The van der Waals surface area contributed by atoms with Gasteiger partial charge >= 0.3 is 246 Å². The monoisotopic (exact) mass is 826 g/mol. The summed E-state index contributed by atoms with van der Waals surface area (Å²) < 4.78 is 275. The number of hydrogen-bond acceptors (Lipinski definition) is 1. The number of unbranched alkanes of at least 4 members (excludes halogenated alkanes) is 7. The second kappa shape index (κ2) is 14.8. The Hall–Kier alpha value is -0.711. The van der Waals surface area contributed by atoms with Gasteiger partial charge in [-0.25, -0.2) is 0 Å². The van der Waals surface area contributed by atoms with Gasteiger partial charge in [-0.15, -0.1) is 0 Å². The van der Waals surface area contributed by atoms with Crippen LogP contribution < -0.4 is 0 Å². The van der Waals surface area contributed by atoms with Gasteiger partial charge in [0.25, 0.3) is 0 Å². The van der Waals surface area contributed by atoms with Crippen LogP contribution in [0.15, 0.2) is 0 Å². The molecule has 0 amide bonds. The van der Waals surface area contributed by atoms with Crippen LogP contribution in [0.5, 0.6) is 0 Å². The molecule has 0 aromatic rings. The summed E-state index contributed by atoms with van der Waals surface area (Å²) in [5.41, 5.74) is 0. The molecule has 0 aromatic carbocycles. The van der Waals surface area contributed by atoms with Gasteiger partial charge in [-0.2, -0.15) is 0 Å². The number of alkyl halides is 21. The van der Waals surface area contributed by atoms with E-state index < -0.39 is 99.2 Å². The van der Waals surface area contributed by atoms with Crippen molar-refractivity contribution >= 4 is 18.8 Å². The molecular weight excluding hydrogens is 798 g/mol. The second-order valence-corrected chi connectivity index (χ2v) is 21.0. The molecule has 0 unspecified atom stereocenters. The Morgan fingerprint density at radius 2 is 0.622 bits per heavy atom. The van der Waals surface area contributed by atoms with Gasteiger partial charge in [-0.3, -0.25) is 0 Å². The average molecular weight is 825 g/mol. The van der Waals surface area contributed by atoms with Crippen molar-refractivity contribution in [3.63, 3.8) is 0 Å². The number of halogens is 21. The summed E-state index contributed by atoms with van der Waals surface area (Å²) in [5, 5.41) is 0. The molecule has 1 nitrogen and oxygen atoms in total. The van der Waals surface area contributed by atoms with Gasteiger partial charge in [-0.1, -0.05) is 0 Å². The standard InChI is InChI=1S/C10H21O.3C4H2F7.Sn/c1-2-3-4-5-6-7-8-9-10-11;3*1-2(5,6)3(7,8)4(9,10)11;/h2-10H2,1H3;3*1H2;/q-1;;;;+1. The zero-order valence-corrected chi connectivity index (χ0v) is 25.7. The SMILES string of the molecule is CCCCCCCCCC[O][Sn]([CH2]C(F)(F)C(F)(F)C(F)(F)F)([CH2]C(F)(F)C(F)(F)C(F)(F)F)[CH2]C(F)(F)C(F)(F)C(F)(F)F. The first-order valence-electron chi connectivity index (χ1n) is 12.8. The molecular formula is C22H27F21OSn. The fourth-order valence-electron chi connectivity index (χ4n) is 4.03. The quantitative estimate of drug-likeness (QED) is 0.0716. The van der Waals surface area contributed by atoms with E-state index in [1.54, 1.807) is 0 Å². The number of hydrogen-bond donors (Lipinski definition) is 0. The summed E-state index contributed by atoms with van der Waals surface area (Å²) >= 11 is -8.63. The minimum atomic E-state index is -8.63. The van der Waals surface area contributed by atoms with Crippen LogP contribution in [0.25, 0.3) is 0 Å². The van der Waals surface area contributed by atoms with E-state index in [9.17, 15) is 92.2 Å². The summed E-state index contributed by atoms with van der Waals surface area (Å²) in [7, 11) is 0. The maximum absolute atomic E-state index is 14.4. The van der Waals surface area contributed by atoms with Crippen molar-refractivity contribution < 1.29 is 95.3 Å². The first kappa shape index (κ1) is 44.3. The first-order chi connectivity index (χ1) is 19.7. The second-order valence-electron chi connectivity index (χ2n) is 10.4. The molecule has 272 valence electrons. The molecule has 23 heteroatoms. The molecule has 0 aromatic heterocycles. The van der Waals surface area contributed by atoms with Crippen molar-refractivity contribution in [3.05, 3.63) is 0 Å². The van der Waals surface area contributed by atoms with E-state index in [2.05, 4.69) is 3.07 Å². The van der Waals surface area contributed by atoms with E-state index in [1.165, 1.54) is 0 Å². The molecule has 0 N–H and O–H groups in total. The topological polar surface area (TPSA) is 9.23 Å². The van der Waals surface area contributed by atoms with E-state index in [1.807, 2.05) is 6.92 Å². The Morgan fingerprint density at radius 3 is 0.867 bits per heavy atom. The van der Waals surface area contributed by atoms with Gasteiger partial charge in [0, 0.05) is 0 Å². The van der Waals surface area contributed by atoms with Crippen LogP contribution in [0.4, 0.5) is 92.2 Å². The van der Waals surface area contributed by atoms with E-state index >= 15 is 0 Å². The Kier molecular flexibility index (Phi) is 14.6. The zero-order chi connectivity index (χ0) is 36.2. The number of rotatable bonds is 19. The molecule has 0 aliphatic heterocycles. The summed E-state index contributed by atoms with van der Waals surface area (Å²) in [6, 6.07) is 0. The molecule has 0 atom stereocenters. The van der Waals surface area contributed by atoms with Gasteiger partial charge in [-0.05, 0) is 0 Å². The van der Waals surface area contributed by atoms with Gasteiger partial charge in [0.15, 0.2) is 0 Å². The summed E-state index contributed by atoms with van der Waals surface area (Å²) in [4.78, 5) is 0. The molecule has 0 heterocycles. The third-order valence-electron chi connectivity index (χ3n) is 6.48. The normalized spacial score (nSPS) is 15.6. The van der Waals surface area contributed by atoms with Crippen molar-refractivity contribution in [1.82, 2.24) is 0 Å². The van der Waals surface area contributed by atoms with Crippen molar-refractivity contribution in [2.75, 3.05) is 6.61 Å². The van der Waals surface area contributed by atoms with E-state index in [0.717, 1.165) is 12.8 Å². The molecule has 0 saturated carbocycles. The molecule has 0 radical (unpaired) electrons.